The van der Waals surface area contributed by atoms with Crippen LogP contribution in [0.3, 0.4) is 0 Å². The van der Waals surface area contributed by atoms with Crippen molar-refractivity contribution in [1.82, 2.24) is 4.90 Å². The number of piperazine rings is 1. The van der Waals surface area contributed by atoms with Crippen LogP contribution in [-0.4, -0.2) is 31.1 Å². The summed E-state index contributed by atoms with van der Waals surface area (Å²) in [6, 6.07) is 25.5. The predicted octanol–water partition coefficient (Wildman–Crippen LogP) is 4.73. The fourth-order valence-corrected chi connectivity index (χ4v) is 3.59. The molecule has 0 aliphatic carbocycles. The first kappa shape index (κ1) is 18.5. The van der Waals surface area contributed by atoms with Crippen LogP contribution >= 0.6 is 0 Å². The average Bonchev–Trinajstić information content (AvgIpc) is 2.74. The van der Waals surface area contributed by atoms with Crippen molar-refractivity contribution in [3.05, 3.63) is 95.8 Å². The van der Waals surface area contributed by atoms with Gasteiger partial charge in [-0.3, -0.25) is 4.90 Å². The molecule has 0 saturated carbocycles. The second-order valence-corrected chi connectivity index (χ2v) is 7.14. The van der Waals surface area contributed by atoms with Gasteiger partial charge in [0.2, 0.25) is 0 Å². The number of anilines is 1. The van der Waals surface area contributed by atoms with E-state index in [0.29, 0.717) is 12.3 Å². The number of para-hydroxylation sites is 1. The quantitative estimate of drug-likeness (QED) is 0.619. The maximum Gasteiger partial charge on any atom is 0.146 e. The van der Waals surface area contributed by atoms with E-state index in [1.54, 1.807) is 6.07 Å². The van der Waals surface area contributed by atoms with Crippen molar-refractivity contribution in [2.24, 2.45) is 0 Å². The molecule has 3 aromatic rings. The zero-order valence-electron chi connectivity index (χ0n) is 15.9. The summed E-state index contributed by atoms with van der Waals surface area (Å²) < 4.78 is 19.9. The molecule has 0 radical (unpaired) electrons. The standard InChI is InChI=1S/C24H25FN2O/c25-23-11-4-5-12-24(23)27-15-13-26(14-16-27)18-21-9-6-10-22(17-21)28-19-20-7-2-1-3-8-20/h1-12,17H,13-16,18-19H2. The van der Waals surface area contributed by atoms with Crippen LogP contribution in [-0.2, 0) is 13.2 Å². The summed E-state index contributed by atoms with van der Waals surface area (Å²) in [6.45, 7) is 4.97. The lowest BCUT2D eigenvalue weighted by molar-refractivity contribution is 0.248. The number of hydrogen-bond donors (Lipinski definition) is 0. The van der Waals surface area contributed by atoms with Gasteiger partial charge in [-0.1, -0.05) is 54.6 Å². The molecule has 4 rings (SSSR count). The molecule has 4 heteroatoms. The lowest BCUT2D eigenvalue weighted by Gasteiger charge is -2.36. The lowest BCUT2D eigenvalue weighted by Crippen LogP contribution is -2.46. The molecule has 0 spiro atoms. The highest BCUT2D eigenvalue weighted by atomic mass is 19.1. The van der Waals surface area contributed by atoms with Gasteiger partial charge in [0.25, 0.3) is 0 Å². The van der Waals surface area contributed by atoms with E-state index in [-0.39, 0.29) is 5.82 Å². The topological polar surface area (TPSA) is 15.7 Å². The number of halogens is 1. The fraction of sp³-hybridized carbons (Fsp3) is 0.250. The van der Waals surface area contributed by atoms with Crippen molar-refractivity contribution >= 4 is 5.69 Å². The van der Waals surface area contributed by atoms with Crippen LogP contribution in [0.25, 0.3) is 0 Å². The van der Waals surface area contributed by atoms with Gasteiger partial charge in [0.05, 0.1) is 5.69 Å². The van der Waals surface area contributed by atoms with E-state index in [4.69, 9.17) is 4.74 Å². The maximum atomic E-state index is 14.0. The summed E-state index contributed by atoms with van der Waals surface area (Å²) in [6.07, 6.45) is 0. The second kappa shape index (κ2) is 8.89. The van der Waals surface area contributed by atoms with E-state index in [1.807, 2.05) is 42.5 Å². The number of benzene rings is 3. The zero-order chi connectivity index (χ0) is 19.2. The third-order valence-corrected chi connectivity index (χ3v) is 5.12. The van der Waals surface area contributed by atoms with Gasteiger partial charge in [-0.05, 0) is 35.4 Å². The van der Waals surface area contributed by atoms with Crippen molar-refractivity contribution in [2.75, 3.05) is 31.1 Å². The molecule has 3 aromatic carbocycles. The second-order valence-electron chi connectivity index (χ2n) is 7.14. The maximum absolute atomic E-state index is 14.0. The Labute approximate surface area is 166 Å². The van der Waals surface area contributed by atoms with Crippen molar-refractivity contribution in [1.29, 1.82) is 0 Å². The molecule has 0 unspecified atom stereocenters. The normalized spacial score (nSPS) is 14.8. The molecule has 3 nitrogen and oxygen atoms in total. The SMILES string of the molecule is Fc1ccccc1N1CCN(Cc2cccc(OCc3ccccc3)c2)CC1. The molecular weight excluding hydrogens is 351 g/mol. The Bertz CT molecular complexity index is 892. The molecule has 0 aromatic heterocycles. The third-order valence-electron chi connectivity index (χ3n) is 5.12. The van der Waals surface area contributed by atoms with Crippen molar-refractivity contribution in [2.45, 2.75) is 13.2 Å². The van der Waals surface area contributed by atoms with E-state index in [9.17, 15) is 4.39 Å². The highest BCUT2D eigenvalue weighted by Gasteiger charge is 2.19. The molecular formula is C24H25FN2O. The molecule has 1 heterocycles. The van der Waals surface area contributed by atoms with Crippen LogP contribution in [0.5, 0.6) is 5.75 Å². The van der Waals surface area contributed by atoms with Gasteiger partial charge in [0, 0.05) is 32.7 Å². The largest absolute Gasteiger partial charge is 0.489 e. The van der Waals surface area contributed by atoms with Crippen LogP contribution in [0.1, 0.15) is 11.1 Å². The van der Waals surface area contributed by atoms with Crippen LogP contribution in [0.2, 0.25) is 0 Å². The molecule has 1 saturated heterocycles. The summed E-state index contributed by atoms with van der Waals surface area (Å²) in [7, 11) is 0. The Hall–Kier alpha value is -2.85. The highest BCUT2D eigenvalue weighted by Crippen LogP contribution is 2.22. The van der Waals surface area contributed by atoms with E-state index >= 15 is 0 Å². The van der Waals surface area contributed by atoms with E-state index in [0.717, 1.165) is 44.0 Å². The summed E-state index contributed by atoms with van der Waals surface area (Å²) >= 11 is 0. The minimum atomic E-state index is -0.140. The molecule has 1 fully saturated rings. The van der Waals surface area contributed by atoms with E-state index < -0.39 is 0 Å². The Morgan fingerprint density at radius 2 is 1.46 bits per heavy atom. The van der Waals surface area contributed by atoms with Gasteiger partial charge in [-0.2, -0.15) is 0 Å². The smallest absolute Gasteiger partial charge is 0.146 e. The summed E-state index contributed by atoms with van der Waals surface area (Å²) in [5, 5.41) is 0. The predicted molar refractivity (Wildman–Crippen MR) is 111 cm³/mol. The molecule has 1 aliphatic heterocycles. The van der Waals surface area contributed by atoms with Crippen LogP contribution in [0.4, 0.5) is 10.1 Å². The molecule has 1 aliphatic rings. The van der Waals surface area contributed by atoms with Gasteiger partial charge in [-0.25, -0.2) is 4.39 Å². The molecule has 0 atom stereocenters. The van der Waals surface area contributed by atoms with Crippen molar-refractivity contribution < 1.29 is 9.13 Å². The number of rotatable bonds is 6. The van der Waals surface area contributed by atoms with E-state index in [2.05, 4.69) is 34.1 Å². The summed E-state index contributed by atoms with van der Waals surface area (Å²) in [5.41, 5.74) is 3.11. The lowest BCUT2D eigenvalue weighted by atomic mass is 10.1. The first-order valence-electron chi connectivity index (χ1n) is 9.75. The van der Waals surface area contributed by atoms with Gasteiger partial charge in [0.1, 0.15) is 18.2 Å². The average molecular weight is 376 g/mol. The van der Waals surface area contributed by atoms with Gasteiger partial charge < -0.3 is 9.64 Å². The fourth-order valence-electron chi connectivity index (χ4n) is 3.59. The Balaban J connectivity index is 1.31. The van der Waals surface area contributed by atoms with Gasteiger partial charge in [0.15, 0.2) is 0 Å². The number of nitrogens with zero attached hydrogens (tertiary/aromatic N) is 2. The Morgan fingerprint density at radius 3 is 2.25 bits per heavy atom. The Kier molecular flexibility index (Phi) is 5.88. The van der Waals surface area contributed by atoms with Gasteiger partial charge >= 0.3 is 0 Å². The number of ether oxygens (including phenoxy) is 1. The molecule has 0 amide bonds. The third kappa shape index (κ3) is 4.70. The van der Waals surface area contributed by atoms with E-state index in [1.165, 1.54) is 11.6 Å². The first-order chi connectivity index (χ1) is 13.8. The molecule has 0 N–H and O–H groups in total. The minimum absolute atomic E-state index is 0.140. The molecule has 0 bridgehead atoms. The summed E-state index contributed by atoms with van der Waals surface area (Å²) in [4.78, 5) is 4.54. The van der Waals surface area contributed by atoms with Crippen molar-refractivity contribution in [3.8, 4) is 5.75 Å². The molecule has 144 valence electrons. The monoisotopic (exact) mass is 376 g/mol. The number of hydrogen-bond acceptors (Lipinski definition) is 3. The summed E-state index contributed by atoms with van der Waals surface area (Å²) in [5.74, 6) is 0.755. The van der Waals surface area contributed by atoms with Crippen LogP contribution in [0, 0.1) is 5.82 Å². The van der Waals surface area contributed by atoms with Crippen LogP contribution in [0.15, 0.2) is 78.9 Å². The van der Waals surface area contributed by atoms with Crippen molar-refractivity contribution in [3.63, 3.8) is 0 Å². The minimum Gasteiger partial charge on any atom is -0.489 e. The Morgan fingerprint density at radius 1 is 0.750 bits per heavy atom. The van der Waals surface area contributed by atoms with Crippen LogP contribution < -0.4 is 9.64 Å². The zero-order valence-corrected chi connectivity index (χ0v) is 15.9. The first-order valence-corrected chi connectivity index (χ1v) is 9.75. The molecule has 28 heavy (non-hydrogen) atoms. The highest BCUT2D eigenvalue weighted by molar-refractivity contribution is 5.48. The van der Waals surface area contributed by atoms with Gasteiger partial charge in [-0.15, -0.1) is 0 Å².